The van der Waals surface area contributed by atoms with Gasteiger partial charge in [-0.1, -0.05) is 15.9 Å². The maximum absolute atomic E-state index is 12.0. The summed E-state index contributed by atoms with van der Waals surface area (Å²) >= 11 is 3.36. The summed E-state index contributed by atoms with van der Waals surface area (Å²) in [4.78, 5) is 23.0. The molecule has 1 aromatic carbocycles. The van der Waals surface area contributed by atoms with Crippen molar-refractivity contribution < 1.29 is 14.6 Å². The van der Waals surface area contributed by atoms with Crippen molar-refractivity contribution in [2.24, 2.45) is 0 Å². The van der Waals surface area contributed by atoms with Crippen LogP contribution in [0.25, 0.3) is 0 Å². The number of aromatic nitrogens is 1. The summed E-state index contributed by atoms with van der Waals surface area (Å²) in [6.45, 7) is 0.239. The van der Waals surface area contributed by atoms with E-state index in [0.29, 0.717) is 5.75 Å². The number of nitrogens with zero attached hydrogens (tertiary/aromatic N) is 1. The molecule has 6 heteroatoms. The molecular formula is C14H12BrNO4. The minimum Gasteiger partial charge on any atom is -0.496 e. The van der Waals surface area contributed by atoms with Crippen LogP contribution in [0.3, 0.4) is 0 Å². The van der Waals surface area contributed by atoms with Crippen molar-refractivity contribution in [3.63, 3.8) is 0 Å². The molecule has 1 N–H and O–H groups in total. The zero-order chi connectivity index (χ0) is 14.7. The Morgan fingerprint density at radius 2 is 2.15 bits per heavy atom. The predicted octanol–water partition coefficient (Wildman–Crippen LogP) is 2.37. The van der Waals surface area contributed by atoms with E-state index in [2.05, 4.69) is 15.9 Å². The number of hydrogen-bond donors (Lipinski definition) is 1. The van der Waals surface area contributed by atoms with Gasteiger partial charge in [-0.3, -0.25) is 4.79 Å². The number of carboxylic acids is 1. The van der Waals surface area contributed by atoms with Crippen LogP contribution in [0, 0.1) is 0 Å². The zero-order valence-electron chi connectivity index (χ0n) is 10.7. The smallest absolute Gasteiger partial charge is 0.341 e. The van der Waals surface area contributed by atoms with E-state index in [9.17, 15) is 9.59 Å². The first kappa shape index (κ1) is 14.3. The van der Waals surface area contributed by atoms with Gasteiger partial charge in [0.1, 0.15) is 11.3 Å². The molecular weight excluding hydrogens is 326 g/mol. The summed E-state index contributed by atoms with van der Waals surface area (Å²) in [5, 5.41) is 8.96. The van der Waals surface area contributed by atoms with Gasteiger partial charge in [-0.2, -0.15) is 0 Å². The molecule has 0 aliphatic carbocycles. The number of pyridine rings is 1. The fourth-order valence-electron chi connectivity index (χ4n) is 1.88. The number of carbonyl (C=O) groups is 1. The van der Waals surface area contributed by atoms with Gasteiger partial charge in [-0.15, -0.1) is 0 Å². The van der Waals surface area contributed by atoms with Crippen LogP contribution in [0.15, 0.2) is 45.8 Å². The number of rotatable bonds is 4. The molecule has 0 saturated heterocycles. The van der Waals surface area contributed by atoms with Gasteiger partial charge in [-0.05, 0) is 30.3 Å². The largest absolute Gasteiger partial charge is 0.496 e. The Hall–Kier alpha value is -2.08. The van der Waals surface area contributed by atoms with E-state index in [1.807, 2.05) is 12.1 Å². The Labute approximate surface area is 123 Å². The lowest BCUT2D eigenvalue weighted by Crippen LogP contribution is -2.26. The van der Waals surface area contributed by atoms with Crippen molar-refractivity contribution in [2.45, 2.75) is 6.54 Å². The molecule has 0 bridgehead atoms. The van der Waals surface area contributed by atoms with Gasteiger partial charge in [0.05, 0.1) is 13.7 Å². The third kappa shape index (κ3) is 2.91. The summed E-state index contributed by atoms with van der Waals surface area (Å²) < 4.78 is 7.44. The number of aromatic carboxylic acids is 1. The molecule has 0 atom stereocenters. The van der Waals surface area contributed by atoms with Crippen molar-refractivity contribution >= 4 is 21.9 Å². The summed E-state index contributed by atoms with van der Waals surface area (Å²) in [6.07, 6.45) is 1.55. The summed E-state index contributed by atoms with van der Waals surface area (Å²) in [7, 11) is 1.54. The third-order valence-corrected chi connectivity index (χ3v) is 3.33. The SMILES string of the molecule is COc1ccc(Br)cc1Cn1cccc(C(=O)O)c1=O. The lowest BCUT2D eigenvalue weighted by atomic mass is 10.2. The topological polar surface area (TPSA) is 68.5 Å². The van der Waals surface area contributed by atoms with E-state index in [4.69, 9.17) is 9.84 Å². The van der Waals surface area contributed by atoms with E-state index in [0.717, 1.165) is 10.0 Å². The van der Waals surface area contributed by atoms with Crippen LogP contribution >= 0.6 is 15.9 Å². The highest BCUT2D eigenvalue weighted by atomic mass is 79.9. The van der Waals surface area contributed by atoms with Crippen LogP contribution in [0.2, 0.25) is 0 Å². The molecule has 1 heterocycles. The minimum atomic E-state index is -1.23. The summed E-state index contributed by atoms with van der Waals surface area (Å²) in [6, 6.07) is 8.28. The molecule has 0 amide bonds. The monoisotopic (exact) mass is 337 g/mol. The van der Waals surface area contributed by atoms with Crippen molar-refractivity contribution in [1.29, 1.82) is 0 Å². The zero-order valence-corrected chi connectivity index (χ0v) is 12.3. The predicted molar refractivity (Wildman–Crippen MR) is 77.5 cm³/mol. The molecule has 0 fully saturated rings. The number of carboxylic acid groups (broad SMARTS) is 1. The molecule has 0 saturated carbocycles. The molecule has 104 valence electrons. The molecule has 0 unspecified atom stereocenters. The summed E-state index contributed by atoms with van der Waals surface area (Å²) in [5.74, 6) is -0.591. The number of hydrogen-bond acceptors (Lipinski definition) is 3. The van der Waals surface area contributed by atoms with E-state index >= 15 is 0 Å². The Kier molecular flexibility index (Phi) is 4.24. The molecule has 1 aromatic heterocycles. The van der Waals surface area contributed by atoms with Gasteiger partial charge in [0.25, 0.3) is 5.56 Å². The van der Waals surface area contributed by atoms with E-state index in [-0.39, 0.29) is 12.1 Å². The Balaban J connectivity index is 2.45. The van der Waals surface area contributed by atoms with Gasteiger partial charge in [0, 0.05) is 16.2 Å². The van der Waals surface area contributed by atoms with Crippen molar-refractivity contribution in [1.82, 2.24) is 4.57 Å². The maximum Gasteiger partial charge on any atom is 0.341 e. The maximum atomic E-state index is 12.0. The number of halogens is 1. The standard InChI is InChI=1S/C14H12BrNO4/c1-20-12-5-4-10(15)7-9(12)8-16-6-2-3-11(13(16)17)14(18)19/h2-7H,8H2,1H3,(H,18,19). The Morgan fingerprint density at radius 3 is 2.80 bits per heavy atom. The van der Waals surface area contributed by atoms with Gasteiger partial charge in [-0.25, -0.2) is 4.79 Å². The quantitative estimate of drug-likeness (QED) is 0.929. The van der Waals surface area contributed by atoms with Gasteiger partial charge in [0.15, 0.2) is 0 Å². The van der Waals surface area contributed by atoms with E-state index in [1.54, 1.807) is 19.4 Å². The second kappa shape index (κ2) is 5.92. The van der Waals surface area contributed by atoms with Gasteiger partial charge >= 0.3 is 5.97 Å². The van der Waals surface area contributed by atoms with Crippen LogP contribution in [0.4, 0.5) is 0 Å². The second-order valence-corrected chi connectivity index (χ2v) is 5.03. The van der Waals surface area contributed by atoms with Gasteiger partial charge in [0.2, 0.25) is 0 Å². The first-order valence-electron chi connectivity index (χ1n) is 5.78. The lowest BCUT2D eigenvalue weighted by molar-refractivity contribution is 0.0694. The molecule has 2 aromatic rings. The van der Waals surface area contributed by atoms with Crippen LogP contribution in [-0.4, -0.2) is 22.8 Å². The van der Waals surface area contributed by atoms with Gasteiger partial charge < -0.3 is 14.4 Å². The average molecular weight is 338 g/mol. The number of ether oxygens (including phenoxy) is 1. The van der Waals surface area contributed by atoms with Crippen molar-refractivity contribution in [3.05, 3.63) is 62.5 Å². The molecule has 0 radical (unpaired) electrons. The normalized spacial score (nSPS) is 10.3. The third-order valence-electron chi connectivity index (χ3n) is 2.83. The summed E-state index contributed by atoms with van der Waals surface area (Å²) in [5.41, 5.74) is -0.00462. The van der Waals surface area contributed by atoms with Crippen LogP contribution < -0.4 is 10.3 Å². The Morgan fingerprint density at radius 1 is 1.40 bits per heavy atom. The molecule has 5 nitrogen and oxygen atoms in total. The van der Waals surface area contributed by atoms with Crippen LogP contribution in [0.1, 0.15) is 15.9 Å². The molecule has 0 aliphatic heterocycles. The fraction of sp³-hybridized carbons (Fsp3) is 0.143. The minimum absolute atomic E-state index is 0.239. The highest BCUT2D eigenvalue weighted by Gasteiger charge is 2.12. The molecule has 20 heavy (non-hydrogen) atoms. The van der Waals surface area contributed by atoms with E-state index in [1.165, 1.54) is 16.7 Å². The second-order valence-electron chi connectivity index (χ2n) is 4.12. The average Bonchev–Trinajstić information content (AvgIpc) is 2.41. The molecule has 0 aliphatic rings. The fourth-order valence-corrected chi connectivity index (χ4v) is 2.29. The Bertz CT molecular complexity index is 709. The van der Waals surface area contributed by atoms with Crippen molar-refractivity contribution in [2.75, 3.05) is 7.11 Å². The highest BCUT2D eigenvalue weighted by molar-refractivity contribution is 9.10. The lowest BCUT2D eigenvalue weighted by Gasteiger charge is -2.11. The first-order valence-corrected chi connectivity index (χ1v) is 6.57. The first-order chi connectivity index (χ1) is 9.52. The van der Waals surface area contributed by atoms with Crippen molar-refractivity contribution in [3.8, 4) is 5.75 Å². The van der Waals surface area contributed by atoms with Crippen LogP contribution in [-0.2, 0) is 6.54 Å². The number of methoxy groups -OCH3 is 1. The molecule has 0 spiro atoms. The van der Waals surface area contributed by atoms with E-state index < -0.39 is 11.5 Å². The molecule has 2 rings (SSSR count). The highest BCUT2D eigenvalue weighted by Crippen LogP contribution is 2.23. The van der Waals surface area contributed by atoms with Crippen LogP contribution in [0.5, 0.6) is 5.75 Å². The number of benzene rings is 1.